The van der Waals surface area contributed by atoms with Gasteiger partial charge in [0.2, 0.25) is 5.91 Å². The van der Waals surface area contributed by atoms with Gasteiger partial charge in [-0.25, -0.2) is 0 Å². The van der Waals surface area contributed by atoms with E-state index < -0.39 is 0 Å². The Labute approximate surface area is 101 Å². The van der Waals surface area contributed by atoms with Crippen LogP contribution in [0.4, 0.5) is 5.69 Å². The van der Waals surface area contributed by atoms with Crippen molar-refractivity contribution in [1.29, 1.82) is 5.26 Å². The zero-order valence-corrected chi connectivity index (χ0v) is 9.78. The molecule has 1 saturated carbocycles. The minimum Gasteiger partial charge on any atom is -0.325 e. The summed E-state index contributed by atoms with van der Waals surface area (Å²) >= 11 is 0. The molecule has 1 amide bonds. The summed E-state index contributed by atoms with van der Waals surface area (Å²) in [5.74, 6) is 0.559. The molecule has 0 bridgehead atoms. The first kappa shape index (κ1) is 11.7. The summed E-state index contributed by atoms with van der Waals surface area (Å²) < 4.78 is 0. The molecule has 17 heavy (non-hydrogen) atoms. The minimum atomic E-state index is 0.0274. The second-order valence-electron chi connectivity index (χ2n) is 4.56. The normalized spacial score (nSPS) is 15.5. The molecular weight excluding hydrogens is 212 g/mol. The van der Waals surface area contributed by atoms with Gasteiger partial charge in [-0.3, -0.25) is 4.79 Å². The summed E-state index contributed by atoms with van der Waals surface area (Å²) in [4.78, 5) is 11.8. The lowest BCUT2D eigenvalue weighted by Gasteiger charge is -2.10. The van der Waals surface area contributed by atoms with Crippen LogP contribution in [0, 0.1) is 17.2 Å². The molecule has 0 heterocycles. The van der Waals surface area contributed by atoms with Crippen LogP contribution in [0.3, 0.4) is 0 Å². The maximum absolute atomic E-state index is 11.8. The molecule has 3 heteroatoms. The summed E-state index contributed by atoms with van der Waals surface area (Å²) in [6.07, 6.45) is 5.39. The summed E-state index contributed by atoms with van der Waals surface area (Å²) in [6, 6.07) is 9.18. The zero-order valence-electron chi connectivity index (χ0n) is 9.78. The SMILES string of the molecule is N#Cc1ccccc1NC(=O)CC1CCCC1. The van der Waals surface area contributed by atoms with Crippen molar-refractivity contribution < 1.29 is 4.79 Å². The lowest BCUT2D eigenvalue weighted by atomic mass is 10.0. The number of hydrogen-bond acceptors (Lipinski definition) is 2. The van der Waals surface area contributed by atoms with E-state index >= 15 is 0 Å². The van der Waals surface area contributed by atoms with Gasteiger partial charge in [-0.15, -0.1) is 0 Å². The predicted molar refractivity (Wildman–Crippen MR) is 66.4 cm³/mol. The molecule has 0 unspecified atom stereocenters. The molecule has 1 aromatic rings. The van der Waals surface area contributed by atoms with E-state index in [0.717, 1.165) is 12.8 Å². The number of nitrogens with one attached hydrogen (secondary N) is 1. The zero-order chi connectivity index (χ0) is 12.1. The Balaban J connectivity index is 1.95. The first-order valence-electron chi connectivity index (χ1n) is 6.08. The standard InChI is InChI=1S/C14H16N2O/c15-10-12-7-3-4-8-13(12)16-14(17)9-11-5-1-2-6-11/h3-4,7-8,11H,1-2,5-6,9H2,(H,16,17). The molecule has 0 atom stereocenters. The van der Waals surface area contributed by atoms with Crippen LogP contribution in [0.2, 0.25) is 0 Å². The number of hydrogen-bond donors (Lipinski definition) is 1. The fourth-order valence-corrected chi connectivity index (χ4v) is 2.37. The fraction of sp³-hybridized carbons (Fsp3) is 0.429. The number of carbonyl (C=O) groups excluding carboxylic acids is 1. The van der Waals surface area contributed by atoms with Gasteiger partial charge in [0.15, 0.2) is 0 Å². The van der Waals surface area contributed by atoms with E-state index in [1.54, 1.807) is 18.2 Å². The van der Waals surface area contributed by atoms with E-state index in [1.807, 2.05) is 6.07 Å². The molecule has 1 N–H and O–H groups in total. The van der Waals surface area contributed by atoms with Crippen molar-refractivity contribution in [2.24, 2.45) is 5.92 Å². The van der Waals surface area contributed by atoms with Crippen LogP contribution in [0.15, 0.2) is 24.3 Å². The number of nitrogens with zero attached hydrogens (tertiary/aromatic N) is 1. The highest BCUT2D eigenvalue weighted by Crippen LogP contribution is 2.28. The lowest BCUT2D eigenvalue weighted by Crippen LogP contribution is -2.15. The molecule has 0 saturated heterocycles. The van der Waals surface area contributed by atoms with Crippen LogP contribution < -0.4 is 5.32 Å². The van der Waals surface area contributed by atoms with Gasteiger partial charge in [-0.1, -0.05) is 25.0 Å². The molecule has 3 nitrogen and oxygen atoms in total. The van der Waals surface area contributed by atoms with Crippen molar-refractivity contribution in [3.8, 4) is 6.07 Å². The quantitative estimate of drug-likeness (QED) is 0.864. The van der Waals surface area contributed by atoms with Crippen LogP contribution in [0.5, 0.6) is 0 Å². The molecule has 2 rings (SSSR count). The van der Waals surface area contributed by atoms with Gasteiger partial charge < -0.3 is 5.32 Å². The Kier molecular flexibility index (Phi) is 3.77. The van der Waals surface area contributed by atoms with Crippen molar-refractivity contribution in [2.45, 2.75) is 32.1 Å². The Morgan fingerprint density at radius 3 is 2.76 bits per heavy atom. The predicted octanol–water partition coefficient (Wildman–Crippen LogP) is 3.08. The number of para-hydroxylation sites is 1. The van der Waals surface area contributed by atoms with Crippen LogP contribution >= 0.6 is 0 Å². The number of anilines is 1. The van der Waals surface area contributed by atoms with Crippen molar-refractivity contribution in [2.75, 3.05) is 5.32 Å². The monoisotopic (exact) mass is 228 g/mol. The third-order valence-corrected chi connectivity index (χ3v) is 3.27. The van der Waals surface area contributed by atoms with Crippen LogP contribution in [0.1, 0.15) is 37.7 Å². The van der Waals surface area contributed by atoms with Crippen molar-refractivity contribution in [1.82, 2.24) is 0 Å². The molecule has 1 aliphatic rings. The summed E-state index contributed by atoms with van der Waals surface area (Å²) in [5, 5.41) is 11.7. The van der Waals surface area contributed by atoms with Gasteiger partial charge >= 0.3 is 0 Å². The molecule has 0 aromatic heterocycles. The van der Waals surface area contributed by atoms with Crippen LogP contribution in [-0.2, 0) is 4.79 Å². The molecule has 0 aliphatic heterocycles. The fourth-order valence-electron chi connectivity index (χ4n) is 2.37. The van der Waals surface area contributed by atoms with Gasteiger partial charge in [-0.2, -0.15) is 5.26 Å². The number of nitriles is 1. The number of rotatable bonds is 3. The van der Waals surface area contributed by atoms with E-state index in [0.29, 0.717) is 23.6 Å². The number of carbonyl (C=O) groups is 1. The minimum absolute atomic E-state index is 0.0274. The van der Waals surface area contributed by atoms with Gasteiger partial charge in [0, 0.05) is 6.42 Å². The van der Waals surface area contributed by atoms with Gasteiger partial charge in [0.1, 0.15) is 6.07 Å². The molecule has 1 aromatic carbocycles. The maximum Gasteiger partial charge on any atom is 0.224 e. The van der Waals surface area contributed by atoms with Crippen molar-refractivity contribution in [3.63, 3.8) is 0 Å². The second kappa shape index (κ2) is 5.49. The number of amides is 1. The molecule has 1 fully saturated rings. The van der Waals surface area contributed by atoms with E-state index in [1.165, 1.54) is 12.8 Å². The summed E-state index contributed by atoms with van der Waals surface area (Å²) in [7, 11) is 0. The van der Waals surface area contributed by atoms with E-state index in [2.05, 4.69) is 11.4 Å². The molecule has 0 spiro atoms. The highest BCUT2D eigenvalue weighted by Gasteiger charge is 2.18. The molecular formula is C14H16N2O. The highest BCUT2D eigenvalue weighted by atomic mass is 16.1. The molecule has 1 aliphatic carbocycles. The second-order valence-corrected chi connectivity index (χ2v) is 4.56. The van der Waals surface area contributed by atoms with E-state index in [9.17, 15) is 4.79 Å². The third-order valence-electron chi connectivity index (χ3n) is 3.27. The first-order chi connectivity index (χ1) is 8.29. The Bertz CT molecular complexity index is 442. The Hall–Kier alpha value is -1.82. The maximum atomic E-state index is 11.8. The molecule has 0 radical (unpaired) electrons. The third kappa shape index (κ3) is 3.07. The van der Waals surface area contributed by atoms with Gasteiger partial charge in [-0.05, 0) is 30.9 Å². The van der Waals surface area contributed by atoms with Crippen molar-refractivity contribution >= 4 is 11.6 Å². The Morgan fingerprint density at radius 1 is 1.35 bits per heavy atom. The summed E-state index contributed by atoms with van der Waals surface area (Å²) in [5.41, 5.74) is 1.14. The smallest absolute Gasteiger partial charge is 0.224 e. The Morgan fingerprint density at radius 2 is 2.06 bits per heavy atom. The lowest BCUT2D eigenvalue weighted by molar-refractivity contribution is -0.117. The summed E-state index contributed by atoms with van der Waals surface area (Å²) in [6.45, 7) is 0. The largest absolute Gasteiger partial charge is 0.325 e. The molecule has 88 valence electrons. The van der Waals surface area contributed by atoms with E-state index in [-0.39, 0.29) is 5.91 Å². The van der Waals surface area contributed by atoms with Gasteiger partial charge in [0.25, 0.3) is 0 Å². The average Bonchev–Trinajstić information content (AvgIpc) is 2.82. The van der Waals surface area contributed by atoms with Crippen LogP contribution in [-0.4, -0.2) is 5.91 Å². The van der Waals surface area contributed by atoms with Crippen molar-refractivity contribution in [3.05, 3.63) is 29.8 Å². The van der Waals surface area contributed by atoms with E-state index in [4.69, 9.17) is 5.26 Å². The van der Waals surface area contributed by atoms with Crippen LogP contribution in [0.25, 0.3) is 0 Å². The first-order valence-corrected chi connectivity index (χ1v) is 6.08. The number of benzene rings is 1. The average molecular weight is 228 g/mol. The topological polar surface area (TPSA) is 52.9 Å². The highest BCUT2D eigenvalue weighted by molar-refractivity contribution is 5.92. The van der Waals surface area contributed by atoms with Gasteiger partial charge in [0.05, 0.1) is 11.3 Å².